The number of aryl methyl sites for hydroxylation is 2. The van der Waals surface area contributed by atoms with Crippen LogP contribution in [0.25, 0.3) is 0 Å². The second-order valence-corrected chi connectivity index (χ2v) is 2.82. The van der Waals surface area contributed by atoms with Crippen LogP contribution < -0.4 is 0 Å². The highest BCUT2D eigenvalue weighted by molar-refractivity contribution is 5.03. The molecule has 0 saturated carbocycles. The van der Waals surface area contributed by atoms with Crippen molar-refractivity contribution in [2.75, 3.05) is 0 Å². The van der Waals surface area contributed by atoms with E-state index in [1.807, 2.05) is 13.0 Å². The molecule has 3 nitrogen and oxygen atoms in total. The summed E-state index contributed by atoms with van der Waals surface area (Å²) in [5.41, 5.74) is 0.920. The lowest BCUT2D eigenvalue weighted by Gasteiger charge is -1.98. The van der Waals surface area contributed by atoms with E-state index in [2.05, 4.69) is 5.16 Å². The zero-order valence-corrected chi connectivity index (χ0v) is 6.87. The molecule has 0 saturated heterocycles. The first-order valence-corrected chi connectivity index (χ1v) is 3.79. The Morgan fingerprint density at radius 3 is 2.91 bits per heavy atom. The van der Waals surface area contributed by atoms with Crippen molar-refractivity contribution in [3.05, 3.63) is 17.5 Å². The largest absolute Gasteiger partial charge is 0.393 e. The lowest BCUT2D eigenvalue weighted by Crippen LogP contribution is -2.01. The molecule has 1 aromatic heterocycles. The lowest BCUT2D eigenvalue weighted by atomic mass is 10.2. The number of hydrogen-bond acceptors (Lipinski definition) is 3. The van der Waals surface area contributed by atoms with Crippen LogP contribution in [-0.2, 0) is 6.42 Å². The summed E-state index contributed by atoms with van der Waals surface area (Å²) in [5, 5.41) is 12.8. The van der Waals surface area contributed by atoms with Gasteiger partial charge in [-0.1, -0.05) is 5.16 Å². The first kappa shape index (κ1) is 8.27. The normalized spacial score (nSPS) is 13.4. The Hall–Kier alpha value is -0.830. The molecule has 0 radical (unpaired) electrons. The molecule has 62 valence electrons. The van der Waals surface area contributed by atoms with Gasteiger partial charge in [-0.2, -0.15) is 0 Å². The van der Waals surface area contributed by atoms with E-state index in [4.69, 9.17) is 9.63 Å². The zero-order chi connectivity index (χ0) is 8.27. The van der Waals surface area contributed by atoms with Gasteiger partial charge in [0.2, 0.25) is 0 Å². The van der Waals surface area contributed by atoms with Crippen LogP contribution in [0.3, 0.4) is 0 Å². The van der Waals surface area contributed by atoms with Crippen molar-refractivity contribution in [2.45, 2.75) is 32.8 Å². The maximum Gasteiger partial charge on any atom is 0.133 e. The van der Waals surface area contributed by atoms with E-state index in [0.29, 0.717) is 0 Å². The summed E-state index contributed by atoms with van der Waals surface area (Å²) in [6.45, 7) is 3.63. The van der Waals surface area contributed by atoms with E-state index in [1.165, 1.54) is 0 Å². The Kier molecular flexibility index (Phi) is 2.65. The Labute approximate surface area is 66.0 Å². The van der Waals surface area contributed by atoms with E-state index in [0.717, 1.165) is 24.3 Å². The predicted octanol–water partition coefficient (Wildman–Crippen LogP) is 1.30. The highest BCUT2D eigenvalue weighted by Gasteiger charge is 2.01. The van der Waals surface area contributed by atoms with Gasteiger partial charge in [0.05, 0.1) is 11.8 Å². The molecule has 1 aromatic rings. The fourth-order valence-corrected chi connectivity index (χ4v) is 0.893. The molecule has 0 aliphatic heterocycles. The van der Waals surface area contributed by atoms with Gasteiger partial charge >= 0.3 is 0 Å². The average Bonchev–Trinajstić information content (AvgIpc) is 2.31. The first-order chi connectivity index (χ1) is 5.18. The summed E-state index contributed by atoms with van der Waals surface area (Å²) < 4.78 is 4.87. The minimum absolute atomic E-state index is 0.257. The van der Waals surface area contributed by atoms with Gasteiger partial charge in [0.25, 0.3) is 0 Å². The number of rotatable bonds is 3. The third-order valence-electron chi connectivity index (χ3n) is 1.50. The minimum Gasteiger partial charge on any atom is -0.393 e. The molecule has 3 heteroatoms. The molecule has 0 unspecified atom stereocenters. The minimum atomic E-state index is -0.257. The van der Waals surface area contributed by atoms with Crippen molar-refractivity contribution >= 4 is 0 Å². The van der Waals surface area contributed by atoms with E-state index < -0.39 is 0 Å². The predicted molar refractivity (Wildman–Crippen MR) is 41.2 cm³/mol. The highest BCUT2D eigenvalue weighted by Crippen LogP contribution is 2.05. The molecule has 1 atom stereocenters. The zero-order valence-electron chi connectivity index (χ0n) is 6.87. The SMILES string of the molecule is Cc1cc(CC[C@@H](C)O)no1. The number of aliphatic hydroxyl groups excluding tert-OH is 1. The molecule has 0 aliphatic carbocycles. The van der Waals surface area contributed by atoms with Crippen LogP contribution in [0.4, 0.5) is 0 Å². The standard InChI is InChI=1S/C8H13NO2/c1-6(10)3-4-8-5-7(2)11-9-8/h5-6,10H,3-4H2,1-2H3/t6-/m1/s1. The summed E-state index contributed by atoms with van der Waals surface area (Å²) >= 11 is 0. The average molecular weight is 155 g/mol. The Balaban J connectivity index is 2.39. The third-order valence-corrected chi connectivity index (χ3v) is 1.50. The second-order valence-electron chi connectivity index (χ2n) is 2.82. The van der Waals surface area contributed by atoms with Crippen LogP contribution in [0.5, 0.6) is 0 Å². The maximum atomic E-state index is 8.96. The highest BCUT2D eigenvalue weighted by atomic mass is 16.5. The van der Waals surface area contributed by atoms with E-state index in [1.54, 1.807) is 6.92 Å². The van der Waals surface area contributed by atoms with Crippen LogP contribution in [0.15, 0.2) is 10.6 Å². The Morgan fingerprint density at radius 1 is 1.73 bits per heavy atom. The van der Waals surface area contributed by atoms with E-state index in [9.17, 15) is 0 Å². The van der Waals surface area contributed by atoms with E-state index in [-0.39, 0.29) is 6.10 Å². The van der Waals surface area contributed by atoms with Gasteiger partial charge in [-0.15, -0.1) is 0 Å². The van der Waals surface area contributed by atoms with Crippen LogP contribution in [0.1, 0.15) is 24.8 Å². The Bertz CT molecular complexity index is 218. The van der Waals surface area contributed by atoms with E-state index >= 15 is 0 Å². The van der Waals surface area contributed by atoms with Gasteiger partial charge in [0, 0.05) is 6.07 Å². The Morgan fingerprint density at radius 2 is 2.45 bits per heavy atom. The lowest BCUT2D eigenvalue weighted by molar-refractivity contribution is 0.184. The van der Waals surface area contributed by atoms with Crippen LogP contribution >= 0.6 is 0 Å². The van der Waals surface area contributed by atoms with Crippen molar-refractivity contribution in [2.24, 2.45) is 0 Å². The first-order valence-electron chi connectivity index (χ1n) is 3.79. The summed E-state index contributed by atoms with van der Waals surface area (Å²) in [7, 11) is 0. The quantitative estimate of drug-likeness (QED) is 0.715. The molecule has 1 N–H and O–H groups in total. The summed E-state index contributed by atoms with van der Waals surface area (Å²) in [4.78, 5) is 0. The summed E-state index contributed by atoms with van der Waals surface area (Å²) in [6, 6.07) is 1.89. The number of aliphatic hydroxyl groups is 1. The smallest absolute Gasteiger partial charge is 0.133 e. The molecular weight excluding hydrogens is 142 g/mol. The molecule has 0 spiro atoms. The molecule has 0 amide bonds. The fourth-order valence-electron chi connectivity index (χ4n) is 0.893. The van der Waals surface area contributed by atoms with Crippen LogP contribution in [0, 0.1) is 6.92 Å². The topological polar surface area (TPSA) is 46.3 Å². The molecule has 0 aliphatic rings. The number of aromatic nitrogens is 1. The van der Waals surface area contributed by atoms with Gasteiger partial charge in [0.15, 0.2) is 0 Å². The van der Waals surface area contributed by atoms with Gasteiger partial charge in [-0.25, -0.2) is 0 Å². The second kappa shape index (κ2) is 3.53. The third kappa shape index (κ3) is 2.72. The van der Waals surface area contributed by atoms with Crippen molar-refractivity contribution in [1.29, 1.82) is 0 Å². The van der Waals surface area contributed by atoms with Gasteiger partial charge in [-0.3, -0.25) is 0 Å². The van der Waals surface area contributed by atoms with Crippen molar-refractivity contribution < 1.29 is 9.63 Å². The van der Waals surface area contributed by atoms with Gasteiger partial charge < -0.3 is 9.63 Å². The van der Waals surface area contributed by atoms with Crippen molar-refractivity contribution in [1.82, 2.24) is 5.16 Å². The molecular formula is C8H13NO2. The monoisotopic (exact) mass is 155 g/mol. The molecule has 0 aromatic carbocycles. The summed E-state index contributed by atoms with van der Waals surface area (Å²) in [6.07, 6.45) is 1.27. The fraction of sp³-hybridized carbons (Fsp3) is 0.625. The molecule has 0 bridgehead atoms. The molecule has 0 fully saturated rings. The number of hydrogen-bond donors (Lipinski definition) is 1. The summed E-state index contributed by atoms with van der Waals surface area (Å²) in [5.74, 6) is 0.825. The number of nitrogens with zero attached hydrogens (tertiary/aromatic N) is 1. The molecule has 1 rings (SSSR count). The van der Waals surface area contributed by atoms with Crippen molar-refractivity contribution in [3.8, 4) is 0 Å². The van der Waals surface area contributed by atoms with Crippen LogP contribution in [-0.4, -0.2) is 16.4 Å². The van der Waals surface area contributed by atoms with Gasteiger partial charge in [-0.05, 0) is 26.7 Å². The molecule has 1 heterocycles. The van der Waals surface area contributed by atoms with Gasteiger partial charge in [0.1, 0.15) is 5.76 Å². The van der Waals surface area contributed by atoms with Crippen molar-refractivity contribution in [3.63, 3.8) is 0 Å². The molecule has 11 heavy (non-hydrogen) atoms. The maximum absolute atomic E-state index is 8.96. The van der Waals surface area contributed by atoms with Crippen LogP contribution in [0.2, 0.25) is 0 Å².